The first-order valence-electron chi connectivity index (χ1n) is 9.37. The first-order valence-corrected chi connectivity index (χ1v) is 9.37. The van der Waals surface area contributed by atoms with Crippen molar-refractivity contribution < 1.29 is 9.53 Å². The zero-order chi connectivity index (χ0) is 16.6. The van der Waals surface area contributed by atoms with E-state index in [1.165, 1.54) is 19.3 Å². The summed E-state index contributed by atoms with van der Waals surface area (Å²) in [6, 6.07) is 0.896. The van der Waals surface area contributed by atoms with Gasteiger partial charge in [-0.2, -0.15) is 0 Å². The first-order chi connectivity index (χ1) is 11.7. The van der Waals surface area contributed by atoms with Crippen LogP contribution in [0.5, 0.6) is 0 Å². The molecule has 6 nitrogen and oxygen atoms in total. The Kier molecular flexibility index (Phi) is 4.24. The zero-order valence-electron chi connectivity index (χ0n) is 14.5. The van der Waals surface area contributed by atoms with Crippen molar-refractivity contribution in [3.8, 4) is 0 Å². The zero-order valence-corrected chi connectivity index (χ0v) is 14.5. The number of amides is 2. The minimum Gasteiger partial charge on any atom is -0.378 e. The Hall–Kier alpha value is -1.56. The summed E-state index contributed by atoms with van der Waals surface area (Å²) in [5, 5.41) is 3.30. The summed E-state index contributed by atoms with van der Waals surface area (Å²) in [6.07, 6.45) is 12.7. The number of carbonyl (C=O) groups is 1. The minimum absolute atomic E-state index is 0.116. The third-order valence-electron chi connectivity index (χ3n) is 6.43. The van der Waals surface area contributed by atoms with E-state index in [4.69, 9.17) is 4.74 Å². The maximum absolute atomic E-state index is 12.6. The fraction of sp³-hybridized carbons (Fsp3) is 0.778. The van der Waals surface area contributed by atoms with E-state index in [2.05, 4.69) is 21.8 Å². The highest BCUT2D eigenvalue weighted by Gasteiger charge is 2.59. The van der Waals surface area contributed by atoms with Crippen molar-refractivity contribution >= 4 is 6.03 Å². The van der Waals surface area contributed by atoms with Crippen LogP contribution in [0.25, 0.3) is 0 Å². The molecule has 1 aromatic rings. The van der Waals surface area contributed by atoms with E-state index in [0.717, 1.165) is 39.0 Å². The molecule has 1 saturated heterocycles. The molecule has 1 aromatic heterocycles. The number of hydrogen-bond acceptors (Lipinski definition) is 3. The lowest BCUT2D eigenvalue weighted by molar-refractivity contribution is -0.170. The Morgan fingerprint density at radius 3 is 2.75 bits per heavy atom. The van der Waals surface area contributed by atoms with Crippen molar-refractivity contribution in [1.82, 2.24) is 19.8 Å². The molecule has 0 aromatic carbocycles. The van der Waals surface area contributed by atoms with Gasteiger partial charge in [-0.3, -0.25) is 0 Å². The fourth-order valence-corrected chi connectivity index (χ4v) is 4.73. The third kappa shape index (κ3) is 2.61. The molecule has 2 aliphatic carbocycles. The summed E-state index contributed by atoms with van der Waals surface area (Å²) >= 11 is 0. The minimum atomic E-state index is 0.116. The molecule has 3 fully saturated rings. The van der Waals surface area contributed by atoms with Crippen LogP contribution in [0.4, 0.5) is 4.79 Å². The van der Waals surface area contributed by atoms with Crippen LogP contribution in [-0.4, -0.2) is 52.3 Å². The number of carbonyl (C=O) groups excluding carboxylic acids is 1. The van der Waals surface area contributed by atoms with Crippen LogP contribution in [0.3, 0.4) is 0 Å². The summed E-state index contributed by atoms with van der Waals surface area (Å²) in [7, 11) is 0. The number of piperidine rings is 1. The molecule has 2 saturated carbocycles. The van der Waals surface area contributed by atoms with E-state index in [1.807, 2.05) is 23.6 Å². The van der Waals surface area contributed by atoms with Gasteiger partial charge in [0.1, 0.15) is 0 Å². The van der Waals surface area contributed by atoms with Gasteiger partial charge in [0, 0.05) is 49.6 Å². The molecular weight excluding hydrogens is 304 g/mol. The Labute approximate surface area is 143 Å². The molecule has 1 N–H and O–H groups in total. The van der Waals surface area contributed by atoms with Gasteiger partial charge in [0.25, 0.3) is 0 Å². The molecule has 0 bridgehead atoms. The van der Waals surface area contributed by atoms with E-state index in [1.54, 1.807) is 0 Å². The Balaban J connectivity index is 1.28. The molecule has 1 spiro atoms. The fourth-order valence-electron chi connectivity index (χ4n) is 4.73. The Morgan fingerprint density at radius 1 is 1.38 bits per heavy atom. The van der Waals surface area contributed by atoms with Crippen LogP contribution < -0.4 is 5.32 Å². The summed E-state index contributed by atoms with van der Waals surface area (Å²) < 4.78 is 8.04. The van der Waals surface area contributed by atoms with E-state index >= 15 is 0 Å². The molecule has 132 valence electrons. The van der Waals surface area contributed by atoms with Gasteiger partial charge < -0.3 is 19.5 Å². The molecule has 0 radical (unpaired) electrons. The van der Waals surface area contributed by atoms with Crippen LogP contribution in [-0.2, 0) is 4.74 Å². The summed E-state index contributed by atoms with van der Waals surface area (Å²) in [6.45, 7) is 4.48. The first kappa shape index (κ1) is 15.9. The Bertz CT molecular complexity index is 562. The van der Waals surface area contributed by atoms with Crippen LogP contribution in [0.15, 0.2) is 18.7 Å². The van der Waals surface area contributed by atoms with E-state index in [-0.39, 0.29) is 11.4 Å². The number of ether oxygens (including phenoxy) is 1. The molecule has 0 unspecified atom stereocenters. The third-order valence-corrected chi connectivity index (χ3v) is 6.43. The van der Waals surface area contributed by atoms with Crippen molar-refractivity contribution in [1.29, 1.82) is 0 Å². The lowest BCUT2D eigenvalue weighted by Crippen LogP contribution is -2.68. The highest BCUT2D eigenvalue weighted by molar-refractivity contribution is 5.75. The number of imidazole rings is 1. The van der Waals surface area contributed by atoms with Crippen LogP contribution in [0.2, 0.25) is 0 Å². The quantitative estimate of drug-likeness (QED) is 0.922. The lowest BCUT2D eigenvalue weighted by Gasteiger charge is -2.61. The SMILES string of the molecule is CCO[C@H]1C[C@H](NC(=O)N2CCC(n3ccnc3)CC2)C12CCC2. The normalized spacial score (nSPS) is 29.1. The number of likely N-dealkylation sites (tertiary alicyclic amines) is 1. The van der Waals surface area contributed by atoms with E-state index in [9.17, 15) is 4.79 Å². The van der Waals surface area contributed by atoms with Gasteiger partial charge in [0.2, 0.25) is 0 Å². The largest absolute Gasteiger partial charge is 0.378 e. The topological polar surface area (TPSA) is 59.4 Å². The van der Waals surface area contributed by atoms with Crippen molar-refractivity contribution in [3.63, 3.8) is 0 Å². The molecule has 2 amide bonds. The molecule has 1 aliphatic heterocycles. The van der Waals surface area contributed by atoms with Gasteiger partial charge in [-0.15, -0.1) is 0 Å². The molecule has 4 rings (SSSR count). The van der Waals surface area contributed by atoms with Crippen LogP contribution >= 0.6 is 0 Å². The molecular formula is C18H28N4O2. The van der Waals surface area contributed by atoms with Crippen LogP contribution in [0.1, 0.15) is 51.5 Å². The van der Waals surface area contributed by atoms with Crippen molar-refractivity contribution in [2.24, 2.45) is 5.41 Å². The predicted molar refractivity (Wildman–Crippen MR) is 90.7 cm³/mol. The average Bonchev–Trinajstić information content (AvgIpc) is 3.06. The monoisotopic (exact) mass is 332 g/mol. The van der Waals surface area contributed by atoms with Gasteiger partial charge in [-0.1, -0.05) is 6.42 Å². The van der Waals surface area contributed by atoms with Gasteiger partial charge in [-0.05, 0) is 39.0 Å². The number of rotatable bonds is 4. The smallest absolute Gasteiger partial charge is 0.317 e. The van der Waals surface area contributed by atoms with E-state index < -0.39 is 0 Å². The highest BCUT2D eigenvalue weighted by atomic mass is 16.5. The average molecular weight is 332 g/mol. The standard InChI is InChI=1S/C18H28N4O2/c1-2-24-16-12-15(18(16)6-3-7-18)20-17(23)21-9-4-14(5-10-21)22-11-8-19-13-22/h8,11,13-16H,2-7,9-10,12H2,1H3,(H,20,23)/t15-,16-/m0/s1. The summed E-state index contributed by atoms with van der Waals surface area (Å²) in [5.41, 5.74) is 0.237. The maximum Gasteiger partial charge on any atom is 0.317 e. The van der Waals surface area contributed by atoms with Gasteiger partial charge in [0.15, 0.2) is 0 Å². The molecule has 6 heteroatoms. The van der Waals surface area contributed by atoms with Crippen LogP contribution in [0, 0.1) is 5.41 Å². The second-order valence-corrected chi connectivity index (χ2v) is 7.50. The summed E-state index contributed by atoms with van der Waals surface area (Å²) in [5.74, 6) is 0. The number of nitrogens with zero attached hydrogens (tertiary/aromatic N) is 3. The number of nitrogens with one attached hydrogen (secondary N) is 1. The van der Waals surface area contributed by atoms with Crippen molar-refractivity contribution in [2.45, 2.75) is 63.6 Å². The number of hydrogen-bond donors (Lipinski definition) is 1. The second kappa shape index (κ2) is 6.39. The van der Waals surface area contributed by atoms with Gasteiger partial charge >= 0.3 is 6.03 Å². The van der Waals surface area contributed by atoms with Crippen molar-refractivity contribution in [3.05, 3.63) is 18.7 Å². The van der Waals surface area contributed by atoms with E-state index in [0.29, 0.717) is 18.2 Å². The maximum atomic E-state index is 12.6. The molecule has 3 aliphatic rings. The number of urea groups is 1. The molecule has 2 heterocycles. The molecule has 2 atom stereocenters. The summed E-state index contributed by atoms with van der Waals surface area (Å²) in [4.78, 5) is 18.7. The lowest BCUT2D eigenvalue weighted by atomic mass is 9.51. The highest BCUT2D eigenvalue weighted by Crippen LogP contribution is 2.57. The van der Waals surface area contributed by atoms with Gasteiger partial charge in [-0.25, -0.2) is 9.78 Å². The number of aromatic nitrogens is 2. The predicted octanol–water partition coefficient (Wildman–Crippen LogP) is 2.58. The second-order valence-electron chi connectivity index (χ2n) is 7.50. The van der Waals surface area contributed by atoms with Crippen molar-refractivity contribution in [2.75, 3.05) is 19.7 Å². The molecule has 24 heavy (non-hydrogen) atoms. The van der Waals surface area contributed by atoms with Gasteiger partial charge in [0.05, 0.1) is 12.4 Å². The Morgan fingerprint density at radius 2 is 2.17 bits per heavy atom.